The molecule has 1 saturated heterocycles. The summed E-state index contributed by atoms with van der Waals surface area (Å²) < 4.78 is 35.7. The molecule has 27 heavy (non-hydrogen) atoms. The quantitative estimate of drug-likeness (QED) is 0.760. The van der Waals surface area contributed by atoms with Crippen molar-refractivity contribution in [2.45, 2.75) is 56.1 Å². The molecule has 146 valence electrons. The van der Waals surface area contributed by atoms with Gasteiger partial charge in [0, 0.05) is 32.0 Å². The minimum atomic E-state index is -3.46. The fraction of sp³-hybridized carbons (Fsp3) is 0.550. The summed E-state index contributed by atoms with van der Waals surface area (Å²) in [6.07, 6.45) is 12.3. The average Bonchev–Trinajstić information content (AvgIpc) is 3.37. The zero-order chi connectivity index (χ0) is 18.7. The van der Waals surface area contributed by atoms with Crippen molar-refractivity contribution in [1.29, 1.82) is 0 Å². The van der Waals surface area contributed by atoms with Crippen LogP contribution in [0.25, 0.3) is 0 Å². The van der Waals surface area contributed by atoms with E-state index in [0.29, 0.717) is 23.9 Å². The molecule has 1 unspecified atom stereocenters. The Morgan fingerprint density at radius 3 is 2.56 bits per heavy atom. The van der Waals surface area contributed by atoms with E-state index in [2.05, 4.69) is 4.98 Å². The van der Waals surface area contributed by atoms with Gasteiger partial charge in [-0.2, -0.15) is 4.31 Å². The average molecular weight is 390 g/mol. The van der Waals surface area contributed by atoms with Gasteiger partial charge in [-0.05, 0) is 68.7 Å². The molecule has 1 aliphatic carbocycles. The summed E-state index contributed by atoms with van der Waals surface area (Å²) in [5.41, 5.74) is 0. The van der Waals surface area contributed by atoms with Crippen molar-refractivity contribution in [3.8, 4) is 5.75 Å². The van der Waals surface area contributed by atoms with Gasteiger partial charge < -0.3 is 9.30 Å². The molecule has 0 amide bonds. The Balaban J connectivity index is 1.42. The molecular formula is C20H27N3O3S. The third-order valence-corrected chi connectivity index (χ3v) is 7.46. The van der Waals surface area contributed by atoms with Gasteiger partial charge in [-0.1, -0.05) is 0 Å². The van der Waals surface area contributed by atoms with Gasteiger partial charge in [0.1, 0.15) is 5.75 Å². The van der Waals surface area contributed by atoms with E-state index in [9.17, 15) is 8.42 Å². The second kappa shape index (κ2) is 8.02. The Morgan fingerprint density at radius 2 is 1.85 bits per heavy atom. The predicted octanol–water partition coefficient (Wildman–Crippen LogP) is 3.31. The van der Waals surface area contributed by atoms with Gasteiger partial charge >= 0.3 is 0 Å². The van der Waals surface area contributed by atoms with Crippen LogP contribution in [0, 0.1) is 5.92 Å². The number of benzene rings is 1. The topological polar surface area (TPSA) is 64.4 Å². The molecule has 0 spiro atoms. The summed E-state index contributed by atoms with van der Waals surface area (Å²) in [6, 6.07) is 6.94. The number of nitrogens with zero attached hydrogens (tertiary/aromatic N) is 3. The maximum Gasteiger partial charge on any atom is 0.243 e. The number of ether oxygens (including phenoxy) is 1. The first-order valence-corrected chi connectivity index (χ1v) is 11.3. The second-order valence-electron chi connectivity index (χ2n) is 7.63. The molecule has 1 atom stereocenters. The first-order valence-electron chi connectivity index (χ1n) is 9.84. The van der Waals surface area contributed by atoms with Gasteiger partial charge in [-0.15, -0.1) is 0 Å². The van der Waals surface area contributed by atoms with Crippen LogP contribution in [0.15, 0.2) is 47.9 Å². The Bertz CT molecular complexity index is 828. The summed E-state index contributed by atoms with van der Waals surface area (Å²) in [5.74, 6) is 1.07. The first-order chi connectivity index (χ1) is 13.1. The third-order valence-electron chi connectivity index (χ3n) is 5.58. The van der Waals surface area contributed by atoms with E-state index in [1.54, 1.807) is 41.1 Å². The Kier molecular flexibility index (Phi) is 5.50. The van der Waals surface area contributed by atoms with Gasteiger partial charge in [0.25, 0.3) is 0 Å². The highest BCUT2D eigenvalue weighted by Crippen LogP contribution is 2.28. The Morgan fingerprint density at radius 1 is 1.07 bits per heavy atom. The van der Waals surface area contributed by atoms with Gasteiger partial charge in [-0.3, -0.25) is 0 Å². The van der Waals surface area contributed by atoms with E-state index in [1.165, 1.54) is 12.8 Å². The molecule has 1 aliphatic heterocycles. The summed E-state index contributed by atoms with van der Waals surface area (Å²) >= 11 is 0. The lowest BCUT2D eigenvalue weighted by molar-refractivity contribution is 0.210. The highest BCUT2D eigenvalue weighted by Gasteiger charge is 2.30. The molecule has 6 nitrogen and oxygen atoms in total. The second-order valence-corrected chi connectivity index (χ2v) is 9.56. The smallest absolute Gasteiger partial charge is 0.243 e. The van der Waals surface area contributed by atoms with E-state index >= 15 is 0 Å². The molecule has 2 aromatic rings. The van der Waals surface area contributed by atoms with Crippen LogP contribution >= 0.6 is 0 Å². The van der Waals surface area contributed by atoms with E-state index in [4.69, 9.17) is 4.74 Å². The fourth-order valence-electron chi connectivity index (χ4n) is 4.12. The number of aromatic nitrogens is 2. The molecule has 0 radical (unpaired) electrons. The fourth-order valence-corrected chi connectivity index (χ4v) is 5.68. The van der Waals surface area contributed by atoms with Crippen LogP contribution in [0.1, 0.15) is 38.5 Å². The first kappa shape index (κ1) is 18.5. The molecule has 2 aliphatic rings. The Labute approximate surface area is 161 Å². The van der Waals surface area contributed by atoms with Crippen molar-refractivity contribution in [3.63, 3.8) is 0 Å². The monoisotopic (exact) mass is 389 g/mol. The third kappa shape index (κ3) is 4.35. The highest BCUT2D eigenvalue weighted by molar-refractivity contribution is 7.89. The van der Waals surface area contributed by atoms with Gasteiger partial charge in [-0.25, -0.2) is 13.4 Å². The van der Waals surface area contributed by atoms with Crippen LogP contribution in [0.4, 0.5) is 0 Å². The van der Waals surface area contributed by atoms with E-state index in [0.717, 1.165) is 38.0 Å². The molecule has 2 fully saturated rings. The van der Waals surface area contributed by atoms with E-state index in [1.807, 2.05) is 10.8 Å². The molecule has 0 N–H and O–H groups in total. The van der Waals surface area contributed by atoms with Crippen LogP contribution in [0.5, 0.6) is 5.75 Å². The van der Waals surface area contributed by atoms with Crippen molar-refractivity contribution in [3.05, 3.63) is 43.0 Å². The highest BCUT2D eigenvalue weighted by atomic mass is 32.2. The number of hydrogen-bond donors (Lipinski definition) is 0. The van der Waals surface area contributed by atoms with E-state index in [-0.39, 0.29) is 6.10 Å². The molecule has 4 rings (SSSR count). The lowest BCUT2D eigenvalue weighted by Gasteiger charge is -2.32. The van der Waals surface area contributed by atoms with Crippen LogP contribution in [-0.4, -0.2) is 41.5 Å². The largest absolute Gasteiger partial charge is 0.490 e. The van der Waals surface area contributed by atoms with Gasteiger partial charge in [0.05, 0.1) is 17.3 Å². The number of imidazole rings is 1. The zero-order valence-electron chi connectivity index (χ0n) is 15.5. The van der Waals surface area contributed by atoms with Gasteiger partial charge in [0.15, 0.2) is 0 Å². The molecule has 2 heterocycles. The van der Waals surface area contributed by atoms with Crippen LogP contribution in [0.3, 0.4) is 0 Å². The lowest BCUT2D eigenvalue weighted by atomic mass is 10.00. The maximum atomic E-state index is 13.1. The minimum absolute atomic E-state index is 0.276. The van der Waals surface area contributed by atoms with Crippen molar-refractivity contribution >= 4 is 10.0 Å². The standard InChI is InChI=1S/C20H27N3O3S/c24-27(25,20-9-7-19(8-10-20)26-18-5-1-2-6-18)23-12-3-4-17(15-23)14-22-13-11-21-16-22/h7-11,13,16-18H,1-6,12,14-15H2. The molecule has 7 heteroatoms. The minimum Gasteiger partial charge on any atom is -0.490 e. The van der Waals surface area contributed by atoms with Crippen LogP contribution in [-0.2, 0) is 16.6 Å². The van der Waals surface area contributed by atoms with Crippen molar-refractivity contribution in [2.24, 2.45) is 5.92 Å². The molecule has 1 saturated carbocycles. The lowest BCUT2D eigenvalue weighted by Crippen LogP contribution is -2.40. The summed E-state index contributed by atoms with van der Waals surface area (Å²) in [6.45, 7) is 1.95. The summed E-state index contributed by atoms with van der Waals surface area (Å²) in [7, 11) is -3.46. The number of rotatable bonds is 6. The Hall–Kier alpha value is -1.86. The summed E-state index contributed by atoms with van der Waals surface area (Å²) in [5, 5.41) is 0. The molecule has 0 bridgehead atoms. The molecule has 1 aromatic carbocycles. The number of piperidine rings is 1. The number of sulfonamides is 1. The molecular weight excluding hydrogens is 362 g/mol. The predicted molar refractivity (Wildman–Crippen MR) is 103 cm³/mol. The zero-order valence-corrected chi connectivity index (χ0v) is 16.4. The molecule has 1 aromatic heterocycles. The SMILES string of the molecule is O=S(=O)(c1ccc(OC2CCCC2)cc1)N1CCCC(Cn2ccnc2)C1. The van der Waals surface area contributed by atoms with Crippen LogP contribution in [0.2, 0.25) is 0 Å². The van der Waals surface area contributed by atoms with Crippen molar-refractivity contribution in [1.82, 2.24) is 13.9 Å². The normalized spacial score (nSPS) is 22.1. The maximum absolute atomic E-state index is 13.1. The number of hydrogen-bond acceptors (Lipinski definition) is 4. The van der Waals surface area contributed by atoms with Crippen molar-refractivity contribution < 1.29 is 13.2 Å². The van der Waals surface area contributed by atoms with E-state index < -0.39 is 10.0 Å². The van der Waals surface area contributed by atoms with Crippen molar-refractivity contribution in [2.75, 3.05) is 13.1 Å². The summed E-state index contributed by atoms with van der Waals surface area (Å²) in [4.78, 5) is 4.42. The van der Waals surface area contributed by atoms with Gasteiger partial charge in [0.2, 0.25) is 10.0 Å². The van der Waals surface area contributed by atoms with Crippen LogP contribution < -0.4 is 4.74 Å².